The molecule has 0 fully saturated rings. The molecule has 2 rings (SSSR count). The largest absolute Gasteiger partial charge is 0.543 e. The maximum atomic E-state index is 6.13. The van der Waals surface area contributed by atoms with Crippen LogP contribution in [0.4, 0.5) is 5.69 Å². The molecule has 4 nitrogen and oxygen atoms in total. The van der Waals surface area contributed by atoms with Gasteiger partial charge in [-0.1, -0.05) is 6.07 Å². The summed E-state index contributed by atoms with van der Waals surface area (Å²) in [6.07, 6.45) is 4.23. The van der Waals surface area contributed by atoms with Gasteiger partial charge in [-0.2, -0.15) is 0 Å². The van der Waals surface area contributed by atoms with Gasteiger partial charge >= 0.3 is 0 Å². The molecular formula is C17H23N3OSi. The van der Waals surface area contributed by atoms with E-state index in [1.165, 1.54) is 5.56 Å². The molecule has 1 heterocycles. The van der Waals surface area contributed by atoms with Crippen LogP contribution in [0.1, 0.15) is 17.1 Å². The topological polar surface area (TPSA) is 47.4 Å². The first kappa shape index (κ1) is 16.4. The molecule has 0 saturated carbocycles. The standard InChI is InChI=1S/C17H23N3OSi/c1-13-6-7-15(16(12-13)21-22(3,4)5)18-11-9-17-19-10-8-14(2)20-17/h6-8,10-12H,9H2,1-5H3. The van der Waals surface area contributed by atoms with E-state index >= 15 is 0 Å². The lowest BCUT2D eigenvalue weighted by molar-refractivity contribution is 0.558. The van der Waals surface area contributed by atoms with E-state index in [4.69, 9.17) is 4.43 Å². The molecule has 1 aromatic heterocycles. The van der Waals surface area contributed by atoms with E-state index in [0.29, 0.717) is 6.42 Å². The molecule has 0 bridgehead atoms. The van der Waals surface area contributed by atoms with E-state index in [1.54, 1.807) is 6.20 Å². The van der Waals surface area contributed by atoms with E-state index in [0.717, 1.165) is 23.0 Å². The Hall–Kier alpha value is -2.01. The lowest BCUT2D eigenvalue weighted by atomic mass is 10.2. The zero-order valence-corrected chi connectivity index (χ0v) is 14.9. The van der Waals surface area contributed by atoms with E-state index in [1.807, 2.05) is 37.4 Å². The maximum absolute atomic E-state index is 6.13. The van der Waals surface area contributed by atoms with Crippen LogP contribution in [0.2, 0.25) is 19.6 Å². The van der Waals surface area contributed by atoms with Gasteiger partial charge in [-0.3, -0.25) is 4.99 Å². The molecule has 0 amide bonds. The monoisotopic (exact) mass is 313 g/mol. The van der Waals surface area contributed by atoms with Gasteiger partial charge < -0.3 is 4.43 Å². The normalized spacial score (nSPS) is 11.9. The van der Waals surface area contributed by atoms with Gasteiger partial charge in [-0.25, -0.2) is 9.97 Å². The number of benzene rings is 1. The van der Waals surface area contributed by atoms with Crippen molar-refractivity contribution in [2.24, 2.45) is 4.99 Å². The first-order valence-corrected chi connectivity index (χ1v) is 10.8. The van der Waals surface area contributed by atoms with E-state index in [-0.39, 0.29) is 0 Å². The molecule has 0 N–H and O–H groups in total. The molecule has 22 heavy (non-hydrogen) atoms. The lowest BCUT2D eigenvalue weighted by Crippen LogP contribution is -2.29. The van der Waals surface area contributed by atoms with Crippen molar-refractivity contribution in [1.82, 2.24) is 9.97 Å². The summed E-state index contributed by atoms with van der Waals surface area (Å²) < 4.78 is 6.13. The van der Waals surface area contributed by atoms with Gasteiger partial charge in [-0.05, 0) is 57.3 Å². The predicted molar refractivity (Wildman–Crippen MR) is 93.8 cm³/mol. The number of nitrogens with zero attached hydrogens (tertiary/aromatic N) is 3. The summed E-state index contributed by atoms with van der Waals surface area (Å²) in [5.41, 5.74) is 3.01. The molecule has 0 unspecified atom stereocenters. The summed E-state index contributed by atoms with van der Waals surface area (Å²) >= 11 is 0. The first-order chi connectivity index (χ1) is 10.3. The molecule has 2 aromatic rings. The third-order valence-electron chi connectivity index (χ3n) is 2.88. The zero-order valence-electron chi connectivity index (χ0n) is 13.9. The van der Waals surface area contributed by atoms with Gasteiger partial charge in [0, 0.05) is 24.5 Å². The Balaban J connectivity index is 2.16. The van der Waals surface area contributed by atoms with Crippen LogP contribution in [0.3, 0.4) is 0 Å². The molecular weight excluding hydrogens is 290 g/mol. The minimum atomic E-state index is -1.66. The average molecular weight is 313 g/mol. The van der Waals surface area contributed by atoms with Crippen LogP contribution in [-0.4, -0.2) is 24.5 Å². The number of aromatic nitrogens is 2. The van der Waals surface area contributed by atoms with Gasteiger partial charge in [0.2, 0.25) is 8.32 Å². The van der Waals surface area contributed by atoms with Crippen molar-refractivity contribution in [3.8, 4) is 5.75 Å². The number of rotatable bonds is 5. The summed E-state index contributed by atoms with van der Waals surface area (Å²) in [7, 11) is -1.66. The maximum Gasteiger partial charge on any atom is 0.242 e. The number of hydrogen-bond acceptors (Lipinski definition) is 4. The van der Waals surface area contributed by atoms with Gasteiger partial charge in [0.25, 0.3) is 0 Å². The Morgan fingerprint density at radius 2 is 1.95 bits per heavy atom. The van der Waals surface area contributed by atoms with E-state index in [2.05, 4.69) is 41.5 Å². The van der Waals surface area contributed by atoms with Crippen molar-refractivity contribution in [3.05, 3.63) is 47.5 Å². The van der Waals surface area contributed by atoms with Crippen molar-refractivity contribution in [2.45, 2.75) is 39.9 Å². The predicted octanol–water partition coefficient (Wildman–Crippen LogP) is 4.25. The highest BCUT2D eigenvalue weighted by Crippen LogP contribution is 2.30. The van der Waals surface area contributed by atoms with Crippen molar-refractivity contribution in [1.29, 1.82) is 0 Å². The van der Waals surface area contributed by atoms with Crippen molar-refractivity contribution >= 4 is 20.2 Å². The molecule has 0 spiro atoms. The van der Waals surface area contributed by atoms with Gasteiger partial charge in [-0.15, -0.1) is 0 Å². The SMILES string of the molecule is Cc1ccc(N=CCc2nccc(C)n2)c(O[Si](C)(C)C)c1. The number of aryl methyl sites for hydroxylation is 2. The van der Waals surface area contributed by atoms with Crippen LogP contribution < -0.4 is 4.43 Å². The first-order valence-electron chi connectivity index (χ1n) is 7.44. The van der Waals surface area contributed by atoms with Crippen LogP contribution in [0.5, 0.6) is 5.75 Å². The van der Waals surface area contributed by atoms with Crippen LogP contribution in [0.25, 0.3) is 0 Å². The Morgan fingerprint density at radius 3 is 2.64 bits per heavy atom. The third-order valence-corrected chi connectivity index (χ3v) is 3.71. The molecule has 0 saturated heterocycles. The minimum absolute atomic E-state index is 0.613. The highest BCUT2D eigenvalue weighted by atomic mass is 28.4. The highest BCUT2D eigenvalue weighted by Gasteiger charge is 2.18. The second-order valence-electron chi connectivity index (χ2n) is 6.32. The summed E-state index contributed by atoms with van der Waals surface area (Å²) in [5, 5.41) is 0. The van der Waals surface area contributed by atoms with Crippen LogP contribution >= 0.6 is 0 Å². The number of aliphatic imine (C=N–C) groups is 1. The van der Waals surface area contributed by atoms with E-state index in [9.17, 15) is 0 Å². The van der Waals surface area contributed by atoms with Crippen molar-refractivity contribution in [3.63, 3.8) is 0 Å². The molecule has 0 atom stereocenters. The van der Waals surface area contributed by atoms with Gasteiger partial charge in [0.1, 0.15) is 17.3 Å². The quantitative estimate of drug-likeness (QED) is 0.612. The molecule has 0 aliphatic heterocycles. The van der Waals surface area contributed by atoms with Gasteiger partial charge in [0.15, 0.2) is 0 Å². The zero-order chi connectivity index (χ0) is 16.2. The average Bonchev–Trinajstić information content (AvgIpc) is 2.39. The minimum Gasteiger partial charge on any atom is -0.543 e. The van der Waals surface area contributed by atoms with Crippen LogP contribution in [0, 0.1) is 13.8 Å². The third kappa shape index (κ3) is 5.07. The Bertz CT molecular complexity index is 678. The fourth-order valence-corrected chi connectivity index (χ4v) is 2.79. The van der Waals surface area contributed by atoms with Crippen LogP contribution in [0.15, 0.2) is 35.5 Å². The van der Waals surface area contributed by atoms with Crippen LogP contribution in [-0.2, 0) is 6.42 Å². The Kier molecular flexibility index (Phi) is 5.08. The van der Waals surface area contributed by atoms with Crippen molar-refractivity contribution in [2.75, 3.05) is 0 Å². The smallest absolute Gasteiger partial charge is 0.242 e. The van der Waals surface area contributed by atoms with E-state index < -0.39 is 8.32 Å². The molecule has 116 valence electrons. The molecule has 0 aliphatic rings. The second kappa shape index (κ2) is 6.83. The Labute approximate surface area is 133 Å². The molecule has 5 heteroatoms. The summed E-state index contributed by atoms with van der Waals surface area (Å²) in [6, 6.07) is 7.99. The molecule has 0 radical (unpaired) electrons. The number of hydrogen-bond donors (Lipinski definition) is 0. The fourth-order valence-electron chi connectivity index (χ4n) is 1.96. The second-order valence-corrected chi connectivity index (χ2v) is 10.7. The Morgan fingerprint density at radius 1 is 1.18 bits per heavy atom. The summed E-state index contributed by atoms with van der Waals surface area (Å²) in [6.45, 7) is 10.5. The fraction of sp³-hybridized carbons (Fsp3) is 0.353. The van der Waals surface area contributed by atoms with Crippen molar-refractivity contribution < 1.29 is 4.43 Å². The molecule has 0 aliphatic carbocycles. The van der Waals surface area contributed by atoms with Gasteiger partial charge in [0.05, 0.1) is 0 Å². The summed E-state index contributed by atoms with van der Waals surface area (Å²) in [5.74, 6) is 1.64. The molecule has 1 aromatic carbocycles. The summed E-state index contributed by atoms with van der Waals surface area (Å²) in [4.78, 5) is 13.2. The lowest BCUT2D eigenvalue weighted by Gasteiger charge is -2.20. The highest BCUT2D eigenvalue weighted by molar-refractivity contribution is 6.70.